The molecule has 2 unspecified atom stereocenters. The highest BCUT2D eigenvalue weighted by atomic mass is 35.5. The zero-order valence-corrected chi connectivity index (χ0v) is 9.07. The minimum absolute atomic E-state index is 0.0278. The van der Waals surface area contributed by atoms with Crippen molar-refractivity contribution in [1.29, 1.82) is 5.26 Å². The first kappa shape index (κ1) is 10.5. The summed E-state index contributed by atoms with van der Waals surface area (Å²) in [5, 5.41) is 9.73. The largest absolute Gasteiger partial charge is 0.372 e. The maximum Gasteiger partial charge on any atom is 0.0982 e. The average Bonchev–Trinajstić information content (AvgIpc) is 2.30. The van der Waals surface area contributed by atoms with E-state index < -0.39 is 0 Å². The SMILES string of the molecule is N#CC1CCCOC1c1ccc(Cl)cc1. The summed E-state index contributed by atoms with van der Waals surface area (Å²) < 4.78 is 5.64. The molecule has 0 saturated carbocycles. The minimum atomic E-state index is -0.0824. The Labute approximate surface area is 94.4 Å². The molecule has 15 heavy (non-hydrogen) atoms. The second-order valence-electron chi connectivity index (χ2n) is 3.72. The molecular weight excluding hydrogens is 210 g/mol. The van der Waals surface area contributed by atoms with Crippen molar-refractivity contribution in [3.8, 4) is 6.07 Å². The molecule has 2 nitrogen and oxygen atoms in total. The van der Waals surface area contributed by atoms with Crippen molar-refractivity contribution in [3.05, 3.63) is 34.9 Å². The van der Waals surface area contributed by atoms with Gasteiger partial charge in [-0.2, -0.15) is 5.26 Å². The molecule has 1 aromatic rings. The van der Waals surface area contributed by atoms with Crippen LogP contribution in [0.4, 0.5) is 0 Å². The molecule has 1 fully saturated rings. The van der Waals surface area contributed by atoms with Gasteiger partial charge in [-0.1, -0.05) is 23.7 Å². The van der Waals surface area contributed by atoms with Crippen molar-refractivity contribution in [2.75, 3.05) is 6.61 Å². The lowest BCUT2D eigenvalue weighted by Crippen LogP contribution is -2.21. The third-order valence-corrected chi connectivity index (χ3v) is 2.94. The summed E-state index contributed by atoms with van der Waals surface area (Å²) in [5.41, 5.74) is 1.05. The van der Waals surface area contributed by atoms with E-state index in [4.69, 9.17) is 21.6 Å². The van der Waals surface area contributed by atoms with E-state index in [1.165, 1.54) is 0 Å². The normalized spacial score (nSPS) is 25.9. The minimum Gasteiger partial charge on any atom is -0.372 e. The fraction of sp³-hybridized carbons (Fsp3) is 0.417. The molecule has 78 valence electrons. The molecule has 1 saturated heterocycles. The summed E-state index contributed by atoms with van der Waals surface area (Å²) in [6.07, 6.45) is 1.81. The Bertz CT molecular complexity index is 368. The van der Waals surface area contributed by atoms with E-state index >= 15 is 0 Å². The number of ether oxygens (including phenoxy) is 1. The molecule has 0 spiro atoms. The summed E-state index contributed by atoms with van der Waals surface area (Å²) in [6.45, 7) is 0.742. The van der Waals surface area contributed by atoms with E-state index in [2.05, 4.69) is 6.07 Å². The Hall–Kier alpha value is -1.04. The molecule has 1 heterocycles. The van der Waals surface area contributed by atoms with Crippen molar-refractivity contribution < 1.29 is 4.74 Å². The van der Waals surface area contributed by atoms with Crippen LogP contribution in [0.1, 0.15) is 24.5 Å². The van der Waals surface area contributed by atoms with Gasteiger partial charge in [-0.05, 0) is 30.5 Å². The van der Waals surface area contributed by atoms with Crippen LogP contribution in [0.15, 0.2) is 24.3 Å². The summed E-state index contributed by atoms with van der Waals surface area (Å²) in [7, 11) is 0. The Kier molecular flexibility index (Phi) is 3.25. The lowest BCUT2D eigenvalue weighted by atomic mass is 9.91. The quantitative estimate of drug-likeness (QED) is 0.729. The van der Waals surface area contributed by atoms with E-state index in [-0.39, 0.29) is 12.0 Å². The number of halogens is 1. The van der Waals surface area contributed by atoms with Gasteiger partial charge in [-0.15, -0.1) is 0 Å². The van der Waals surface area contributed by atoms with Crippen molar-refractivity contribution in [2.24, 2.45) is 5.92 Å². The summed E-state index contributed by atoms with van der Waals surface area (Å²) >= 11 is 5.82. The fourth-order valence-corrected chi connectivity index (χ4v) is 2.02. The molecule has 2 atom stereocenters. The summed E-state index contributed by atoms with van der Waals surface area (Å²) in [4.78, 5) is 0. The number of nitriles is 1. The molecule has 1 aliphatic heterocycles. The van der Waals surface area contributed by atoms with E-state index in [0.717, 1.165) is 25.0 Å². The third-order valence-electron chi connectivity index (χ3n) is 2.69. The Morgan fingerprint density at radius 2 is 2.07 bits per heavy atom. The van der Waals surface area contributed by atoms with E-state index in [1.54, 1.807) is 0 Å². The van der Waals surface area contributed by atoms with E-state index in [0.29, 0.717) is 5.02 Å². The number of rotatable bonds is 1. The predicted molar refractivity (Wildman–Crippen MR) is 58.5 cm³/mol. The summed E-state index contributed by atoms with van der Waals surface area (Å²) in [6, 6.07) is 9.85. The molecule has 0 amide bonds. The maximum atomic E-state index is 9.02. The van der Waals surface area contributed by atoms with Crippen LogP contribution in [-0.2, 0) is 4.74 Å². The van der Waals surface area contributed by atoms with Crippen LogP contribution in [-0.4, -0.2) is 6.61 Å². The van der Waals surface area contributed by atoms with Crippen LogP contribution in [0.5, 0.6) is 0 Å². The maximum absolute atomic E-state index is 9.02. The molecule has 0 aromatic heterocycles. The van der Waals surface area contributed by atoms with Gasteiger partial charge in [0.1, 0.15) is 0 Å². The molecule has 1 aliphatic rings. The molecule has 0 aliphatic carbocycles. The van der Waals surface area contributed by atoms with Crippen molar-refractivity contribution >= 4 is 11.6 Å². The second-order valence-corrected chi connectivity index (χ2v) is 4.16. The van der Waals surface area contributed by atoms with Crippen molar-refractivity contribution in [1.82, 2.24) is 0 Å². The van der Waals surface area contributed by atoms with Gasteiger partial charge in [0.15, 0.2) is 0 Å². The van der Waals surface area contributed by atoms with Crippen LogP contribution in [0.25, 0.3) is 0 Å². The third kappa shape index (κ3) is 2.31. The van der Waals surface area contributed by atoms with Gasteiger partial charge in [0, 0.05) is 11.6 Å². The van der Waals surface area contributed by atoms with Crippen LogP contribution < -0.4 is 0 Å². The molecular formula is C12H12ClNO. The molecule has 3 heteroatoms. The molecule has 0 radical (unpaired) electrons. The highest BCUT2D eigenvalue weighted by molar-refractivity contribution is 6.30. The highest BCUT2D eigenvalue weighted by Gasteiger charge is 2.26. The number of nitrogens with zero attached hydrogens (tertiary/aromatic N) is 1. The van der Waals surface area contributed by atoms with Gasteiger partial charge in [-0.25, -0.2) is 0 Å². The Morgan fingerprint density at radius 3 is 2.73 bits per heavy atom. The smallest absolute Gasteiger partial charge is 0.0982 e. The lowest BCUT2D eigenvalue weighted by Gasteiger charge is -2.27. The molecule has 1 aromatic carbocycles. The molecule has 2 rings (SSSR count). The van der Waals surface area contributed by atoms with Crippen LogP contribution in [0, 0.1) is 17.2 Å². The summed E-state index contributed by atoms with van der Waals surface area (Å²) in [5.74, 6) is -0.0278. The first-order chi connectivity index (χ1) is 7.31. The second kappa shape index (κ2) is 4.65. The molecule has 0 N–H and O–H groups in total. The zero-order chi connectivity index (χ0) is 10.7. The molecule has 0 bridgehead atoms. The van der Waals surface area contributed by atoms with Gasteiger partial charge >= 0.3 is 0 Å². The van der Waals surface area contributed by atoms with E-state index in [9.17, 15) is 0 Å². The van der Waals surface area contributed by atoms with Gasteiger partial charge in [0.25, 0.3) is 0 Å². The topological polar surface area (TPSA) is 33.0 Å². The fourth-order valence-electron chi connectivity index (χ4n) is 1.89. The number of hydrogen-bond donors (Lipinski definition) is 0. The van der Waals surface area contributed by atoms with Crippen LogP contribution in [0.2, 0.25) is 5.02 Å². The van der Waals surface area contributed by atoms with Crippen LogP contribution >= 0.6 is 11.6 Å². The van der Waals surface area contributed by atoms with Crippen molar-refractivity contribution in [3.63, 3.8) is 0 Å². The Balaban J connectivity index is 2.21. The van der Waals surface area contributed by atoms with Crippen LogP contribution in [0.3, 0.4) is 0 Å². The van der Waals surface area contributed by atoms with Gasteiger partial charge in [0.2, 0.25) is 0 Å². The first-order valence-electron chi connectivity index (χ1n) is 5.08. The number of benzene rings is 1. The van der Waals surface area contributed by atoms with Crippen molar-refractivity contribution in [2.45, 2.75) is 18.9 Å². The highest BCUT2D eigenvalue weighted by Crippen LogP contribution is 2.33. The van der Waals surface area contributed by atoms with E-state index in [1.807, 2.05) is 24.3 Å². The predicted octanol–water partition coefficient (Wildman–Crippen LogP) is 3.33. The first-order valence-corrected chi connectivity index (χ1v) is 5.46. The monoisotopic (exact) mass is 221 g/mol. The van der Waals surface area contributed by atoms with Gasteiger partial charge < -0.3 is 4.74 Å². The Morgan fingerprint density at radius 1 is 1.33 bits per heavy atom. The van der Waals surface area contributed by atoms with Gasteiger partial charge in [0.05, 0.1) is 18.1 Å². The zero-order valence-electron chi connectivity index (χ0n) is 8.32. The number of hydrogen-bond acceptors (Lipinski definition) is 2. The lowest BCUT2D eigenvalue weighted by molar-refractivity contribution is -0.0101. The van der Waals surface area contributed by atoms with Gasteiger partial charge in [-0.3, -0.25) is 0 Å². The average molecular weight is 222 g/mol. The standard InChI is InChI=1S/C12H12ClNO/c13-11-5-3-9(4-6-11)12-10(8-14)2-1-7-15-12/h3-6,10,12H,1-2,7H2.